The summed E-state index contributed by atoms with van der Waals surface area (Å²) >= 11 is 0. The first-order chi connectivity index (χ1) is 8.60. The number of hydrogen-bond donors (Lipinski definition) is 1. The van der Waals surface area contributed by atoms with E-state index in [9.17, 15) is 14.0 Å². The normalized spacial score (nSPS) is 10.1. The Balaban J connectivity index is 2.55. The Morgan fingerprint density at radius 3 is 2.67 bits per heavy atom. The topological polar surface area (TPSA) is 59.2 Å². The Morgan fingerprint density at radius 1 is 1.22 bits per heavy atom. The molecule has 0 bridgehead atoms. The minimum Gasteiger partial charge on any atom is -0.465 e. The van der Waals surface area contributed by atoms with Crippen molar-refractivity contribution in [1.82, 2.24) is 4.98 Å². The van der Waals surface area contributed by atoms with E-state index in [1.54, 1.807) is 6.07 Å². The molecular formula is C13H10FNO3. The van der Waals surface area contributed by atoms with Gasteiger partial charge in [0.1, 0.15) is 5.82 Å². The number of nitrogens with one attached hydrogen (secondary N) is 1. The summed E-state index contributed by atoms with van der Waals surface area (Å²) in [6.07, 6.45) is 1.46. The van der Waals surface area contributed by atoms with E-state index in [-0.39, 0.29) is 11.1 Å². The number of hydrogen-bond acceptors (Lipinski definition) is 3. The standard InChI is InChI=1S/C13H10FNO3/c1-18-13(17)10-4-9(5-11(14)6-10)8-2-3-15-12(16)7-8/h2-7H,1H3,(H,15,16). The van der Waals surface area contributed by atoms with Gasteiger partial charge in [-0.2, -0.15) is 0 Å². The molecule has 0 aliphatic carbocycles. The molecule has 0 aliphatic heterocycles. The van der Waals surface area contributed by atoms with E-state index in [2.05, 4.69) is 9.72 Å². The molecular weight excluding hydrogens is 237 g/mol. The quantitative estimate of drug-likeness (QED) is 0.825. The number of esters is 1. The van der Waals surface area contributed by atoms with Crippen molar-refractivity contribution in [3.8, 4) is 11.1 Å². The van der Waals surface area contributed by atoms with Crippen LogP contribution in [-0.2, 0) is 4.74 Å². The molecule has 5 heteroatoms. The van der Waals surface area contributed by atoms with Crippen LogP contribution in [-0.4, -0.2) is 18.1 Å². The van der Waals surface area contributed by atoms with Gasteiger partial charge in [-0.1, -0.05) is 0 Å². The minimum absolute atomic E-state index is 0.104. The third-order valence-electron chi connectivity index (χ3n) is 2.43. The van der Waals surface area contributed by atoms with Crippen molar-refractivity contribution in [2.75, 3.05) is 7.11 Å². The second kappa shape index (κ2) is 4.83. The van der Waals surface area contributed by atoms with Gasteiger partial charge in [-0.3, -0.25) is 4.79 Å². The zero-order chi connectivity index (χ0) is 13.1. The van der Waals surface area contributed by atoms with Gasteiger partial charge in [-0.25, -0.2) is 9.18 Å². The number of rotatable bonds is 2. The van der Waals surface area contributed by atoms with Gasteiger partial charge in [0.2, 0.25) is 5.56 Å². The summed E-state index contributed by atoms with van der Waals surface area (Å²) in [5, 5.41) is 0. The van der Waals surface area contributed by atoms with Gasteiger partial charge in [-0.15, -0.1) is 0 Å². The van der Waals surface area contributed by atoms with Crippen molar-refractivity contribution in [2.45, 2.75) is 0 Å². The number of H-pyrrole nitrogens is 1. The van der Waals surface area contributed by atoms with E-state index in [0.29, 0.717) is 11.1 Å². The Bertz CT molecular complexity index is 649. The number of benzene rings is 1. The molecule has 4 nitrogen and oxygen atoms in total. The Kier molecular flexibility index (Phi) is 3.23. The number of carbonyl (C=O) groups excluding carboxylic acids is 1. The molecule has 0 atom stereocenters. The fourth-order valence-corrected chi connectivity index (χ4v) is 1.62. The highest BCUT2D eigenvalue weighted by Crippen LogP contribution is 2.20. The highest BCUT2D eigenvalue weighted by Gasteiger charge is 2.10. The molecule has 0 saturated carbocycles. The van der Waals surface area contributed by atoms with Crippen molar-refractivity contribution in [1.29, 1.82) is 0 Å². The third kappa shape index (κ3) is 2.45. The summed E-state index contributed by atoms with van der Waals surface area (Å²) in [5.41, 5.74) is 0.786. The number of ether oxygens (including phenoxy) is 1. The van der Waals surface area contributed by atoms with Crippen molar-refractivity contribution >= 4 is 5.97 Å². The molecule has 0 amide bonds. The largest absolute Gasteiger partial charge is 0.465 e. The molecule has 0 fully saturated rings. The predicted molar refractivity (Wildman–Crippen MR) is 63.8 cm³/mol. The maximum atomic E-state index is 13.4. The van der Waals surface area contributed by atoms with E-state index >= 15 is 0 Å². The molecule has 1 aromatic carbocycles. The first-order valence-corrected chi connectivity index (χ1v) is 5.18. The van der Waals surface area contributed by atoms with Gasteiger partial charge in [0.25, 0.3) is 0 Å². The lowest BCUT2D eigenvalue weighted by atomic mass is 10.0. The Labute approximate surface area is 102 Å². The second-order valence-electron chi connectivity index (χ2n) is 3.66. The third-order valence-corrected chi connectivity index (χ3v) is 2.43. The van der Waals surface area contributed by atoms with Crippen LogP contribution in [0.3, 0.4) is 0 Å². The molecule has 1 aromatic heterocycles. The fraction of sp³-hybridized carbons (Fsp3) is 0.0769. The molecule has 18 heavy (non-hydrogen) atoms. The highest BCUT2D eigenvalue weighted by molar-refractivity contribution is 5.91. The number of carbonyl (C=O) groups is 1. The molecule has 1 N–H and O–H groups in total. The monoisotopic (exact) mass is 247 g/mol. The lowest BCUT2D eigenvalue weighted by molar-refractivity contribution is 0.0600. The smallest absolute Gasteiger partial charge is 0.337 e. The first-order valence-electron chi connectivity index (χ1n) is 5.18. The molecule has 1 heterocycles. The Hall–Kier alpha value is -2.43. The fourth-order valence-electron chi connectivity index (χ4n) is 1.62. The highest BCUT2D eigenvalue weighted by atomic mass is 19.1. The summed E-state index contributed by atoms with van der Waals surface area (Å²) in [5.74, 6) is -1.19. The lowest BCUT2D eigenvalue weighted by Crippen LogP contribution is -2.04. The molecule has 0 saturated heterocycles. The molecule has 0 aliphatic rings. The number of halogens is 1. The van der Waals surface area contributed by atoms with Crippen molar-refractivity contribution < 1.29 is 13.9 Å². The summed E-state index contributed by atoms with van der Waals surface area (Å²) in [7, 11) is 1.22. The number of aromatic nitrogens is 1. The average Bonchev–Trinajstić information content (AvgIpc) is 2.37. The first kappa shape index (κ1) is 12.0. The molecule has 0 unspecified atom stereocenters. The van der Waals surface area contributed by atoms with E-state index in [4.69, 9.17) is 0 Å². The molecule has 92 valence electrons. The molecule has 2 rings (SSSR count). The van der Waals surface area contributed by atoms with Gasteiger partial charge in [-0.05, 0) is 35.4 Å². The zero-order valence-electron chi connectivity index (χ0n) is 9.57. The van der Waals surface area contributed by atoms with Crippen LogP contribution in [0.1, 0.15) is 10.4 Å². The molecule has 2 aromatic rings. The van der Waals surface area contributed by atoms with Gasteiger partial charge >= 0.3 is 5.97 Å². The second-order valence-corrected chi connectivity index (χ2v) is 3.66. The summed E-state index contributed by atoms with van der Waals surface area (Å²) in [6.45, 7) is 0. The van der Waals surface area contributed by atoms with Crippen LogP contribution in [0.4, 0.5) is 4.39 Å². The van der Waals surface area contributed by atoms with Gasteiger partial charge in [0.05, 0.1) is 12.7 Å². The van der Waals surface area contributed by atoms with E-state index in [1.165, 1.54) is 31.5 Å². The predicted octanol–water partition coefficient (Wildman–Crippen LogP) is 1.97. The van der Waals surface area contributed by atoms with E-state index in [0.717, 1.165) is 6.07 Å². The lowest BCUT2D eigenvalue weighted by Gasteiger charge is -2.04. The summed E-state index contributed by atoms with van der Waals surface area (Å²) in [6, 6.07) is 6.76. The molecule has 0 spiro atoms. The zero-order valence-corrected chi connectivity index (χ0v) is 9.57. The van der Waals surface area contributed by atoms with Gasteiger partial charge in [0, 0.05) is 12.3 Å². The van der Waals surface area contributed by atoms with E-state index < -0.39 is 11.8 Å². The van der Waals surface area contributed by atoms with E-state index in [1.807, 2.05) is 0 Å². The maximum absolute atomic E-state index is 13.4. The number of pyridine rings is 1. The van der Waals surface area contributed by atoms with Gasteiger partial charge in [0.15, 0.2) is 0 Å². The average molecular weight is 247 g/mol. The van der Waals surface area contributed by atoms with Gasteiger partial charge < -0.3 is 9.72 Å². The van der Waals surface area contributed by atoms with Crippen LogP contribution < -0.4 is 5.56 Å². The number of methoxy groups -OCH3 is 1. The maximum Gasteiger partial charge on any atom is 0.337 e. The van der Waals surface area contributed by atoms with Crippen LogP contribution in [0, 0.1) is 5.82 Å². The minimum atomic E-state index is -0.624. The SMILES string of the molecule is COC(=O)c1cc(F)cc(-c2cc[nH]c(=O)c2)c1. The number of aromatic amines is 1. The molecule has 0 radical (unpaired) electrons. The van der Waals surface area contributed by atoms with Crippen molar-refractivity contribution in [2.24, 2.45) is 0 Å². The van der Waals surface area contributed by atoms with Crippen molar-refractivity contribution in [3.63, 3.8) is 0 Å². The van der Waals surface area contributed by atoms with Crippen LogP contribution in [0.5, 0.6) is 0 Å². The van der Waals surface area contributed by atoms with Crippen LogP contribution >= 0.6 is 0 Å². The van der Waals surface area contributed by atoms with Crippen LogP contribution in [0.15, 0.2) is 41.3 Å². The summed E-state index contributed by atoms with van der Waals surface area (Å²) < 4.78 is 17.9. The summed E-state index contributed by atoms with van der Waals surface area (Å²) in [4.78, 5) is 25.0. The van der Waals surface area contributed by atoms with Crippen LogP contribution in [0.25, 0.3) is 11.1 Å². The Morgan fingerprint density at radius 2 is 2.00 bits per heavy atom. The van der Waals surface area contributed by atoms with Crippen molar-refractivity contribution in [3.05, 3.63) is 58.3 Å². The van der Waals surface area contributed by atoms with Crippen LogP contribution in [0.2, 0.25) is 0 Å².